The van der Waals surface area contributed by atoms with E-state index in [0.29, 0.717) is 18.1 Å². The van der Waals surface area contributed by atoms with Crippen LogP contribution in [-0.4, -0.2) is 65.7 Å². The number of hydrogen-bond acceptors (Lipinski definition) is 7. The number of carbonyl (C=O) groups excluding carboxylic acids is 1. The minimum absolute atomic E-state index is 0.307. The maximum absolute atomic E-state index is 12.0. The highest BCUT2D eigenvalue weighted by atomic mass is 16.5. The molecule has 0 saturated carbocycles. The number of esters is 1. The molecule has 29 heavy (non-hydrogen) atoms. The molecule has 1 fully saturated rings. The number of piperazine rings is 1. The fraction of sp³-hybridized carbons (Fsp3) is 0.318. The topological polar surface area (TPSA) is 70.6 Å². The first kappa shape index (κ1) is 19.3. The molecule has 1 N–H and O–H groups in total. The summed E-state index contributed by atoms with van der Waals surface area (Å²) in [4.78, 5) is 23.4. The van der Waals surface area contributed by atoms with Gasteiger partial charge in [0.15, 0.2) is 0 Å². The van der Waals surface area contributed by atoms with Gasteiger partial charge in [-0.2, -0.15) is 0 Å². The molecule has 2 heterocycles. The Morgan fingerprint density at radius 2 is 1.90 bits per heavy atom. The Kier molecular flexibility index (Phi) is 5.69. The number of hydrogen-bond donors (Lipinski definition) is 1. The second kappa shape index (κ2) is 8.55. The minimum Gasteiger partial charge on any atom is -0.462 e. The van der Waals surface area contributed by atoms with Crippen LogP contribution in [0.1, 0.15) is 17.3 Å². The number of aromatic nitrogens is 2. The summed E-state index contributed by atoms with van der Waals surface area (Å²) in [6.45, 7) is 6.09. The van der Waals surface area contributed by atoms with Gasteiger partial charge in [-0.05, 0) is 49.4 Å². The molecular formula is C22H25N5O2. The van der Waals surface area contributed by atoms with E-state index >= 15 is 0 Å². The summed E-state index contributed by atoms with van der Waals surface area (Å²) in [6, 6.07) is 13.5. The molecule has 2 aromatic carbocycles. The van der Waals surface area contributed by atoms with E-state index in [1.807, 2.05) is 42.6 Å². The molecule has 0 bridgehead atoms. The van der Waals surface area contributed by atoms with E-state index in [4.69, 9.17) is 4.74 Å². The normalized spacial score (nSPS) is 15.4. The van der Waals surface area contributed by atoms with E-state index in [2.05, 4.69) is 32.4 Å². The Hall–Kier alpha value is -3.03. The van der Waals surface area contributed by atoms with Crippen molar-refractivity contribution in [3.63, 3.8) is 0 Å². The zero-order chi connectivity index (χ0) is 20.2. The standard InChI is InChI=1S/C22H25N5O2/c1-3-29-21(28)18-6-4-5-16(13-18)17-7-8-20-19(14-17)15-23-22(24-20)25-27-11-9-26(2)10-12-27/h4-8,13-15H,3,9-12H2,1-2H3,(H,23,24,25). The number of likely N-dealkylation sites (N-methyl/N-ethyl adjacent to an activating group) is 1. The average molecular weight is 391 g/mol. The number of fused-ring (bicyclic) bond motifs is 1. The van der Waals surface area contributed by atoms with Crippen molar-refractivity contribution < 1.29 is 9.53 Å². The second-order valence-corrected chi connectivity index (χ2v) is 7.17. The first-order valence-electron chi connectivity index (χ1n) is 9.87. The molecule has 0 atom stereocenters. The molecule has 3 aromatic rings. The van der Waals surface area contributed by atoms with Crippen molar-refractivity contribution in [2.45, 2.75) is 6.92 Å². The molecule has 1 aromatic heterocycles. The molecule has 1 saturated heterocycles. The number of hydrazine groups is 1. The molecule has 1 aliphatic rings. The van der Waals surface area contributed by atoms with Crippen molar-refractivity contribution in [1.29, 1.82) is 0 Å². The van der Waals surface area contributed by atoms with Crippen LogP contribution in [0.3, 0.4) is 0 Å². The van der Waals surface area contributed by atoms with Crippen LogP contribution in [0.15, 0.2) is 48.7 Å². The minimum atomic E-state index is -0.307. The molecule has 0 radical (unpaired) electrons. The first-order valence-corrected chi connectivity index (χ1v) is 9.87. The van der Waals surface area contributed by atoms with Crippen molar-refractivity contribution in [2.24, 2.45) is 0 Å². The van der Waals surface area contributed by atoms with E-state index in [-0.39, 0.29) is 5.97 Å². The van der Waals surface area contributed by atoms with E-state index in [0.717, 1.165) is 48.2 Å². The van der Waals surface area contributed by atoms with Crippen LogP contribution in [0.25, 0.3) is 22.0 Å². The van der Waals surface area contributed by atoms with Crippen molar-refractivity contribution in [2.75, 3.05) is 45.3 Å². The molecule has 150 valence electrons. The number of benzene rings is 2. The van der Waals surface area contributed by atoms with Crippen LogP contribution in [0, 0.1) is 0 Å². The second-order valence-electron chi connectivity index (χ2n) is 7.17. The van der Waals surface area contributed by atoms with Crippen LogP contribution in [0.2, 0.25) is 0 Å². The molecule has 1 aliphatic heterocycles. The van der Waals surface area contributed by atoms with Gasteiger partial charge < -0.3 is 9.64 Å². The Bertz CT molecular complexity index is 1020. The predicted octanol–water partition coefficient (Wildman–Crippen LogP) is 3.05. The number of ether oxygens (including phenoxy) is 1. The maximum atomic E-state index is 12.0. The summed E-state index contributed by atoms with van der Waals surface area (Å²) >= 11 is 0. The summed E-state index contributed by atoms with van der Waals surface area (Å²) in [7, 11) is 2.13. The highest BCUT2D eigenvalue weighted by Gasteiger charge is 2.14. The number of nitrogens with zero attached hydrogens (tertiary/aromatic N) is 4. The number of anilines is 1. The van der Waals surface area contributed by atoms with Crippen LogP contribution >= 0.6 is 0 Å². The van der Waals surface area contributed by atoms with Crippen LogP contribution in [-0.2, 0) is 4.74 Å². The molecule has 0 spiro atoms. The largest absolute Gasteiger partial charge is 0.462 e. The third kappa shape index (κ3) is 4.52. The van der Waals surface area contributed by atoms with Crippen molar-refractivity contribution in [1.82, 2.24) is 19.9 Å². The fourth-order valence-corrected chi connectivity index (χ4v) is 3.37. The highest BCUT2D eigenvalue weighted by molar-refractivity contribution is 5.92. The lowest BCUT2D eigenvalue weighted by atomic mass is 10.0. The van der Waals surface area contributed by atoms with Gasteiger partial charge in [-0.15, -0.1) is 0 Å². The summed E-state index contributed by atoms with van der Waals surface area (Å²) < 4.78 is 5.10. The van der Waals surface area contributed by atoms with Crippen molar-refractivity contribution in [3.8, 4) is 11.1 Å². The van der Waals surface area contributed by atoms with Crippen molar-refractivity contribution in [3.05, 3.63) is 54.2 Å². The number of nitrogens with one attached hydrogen (secondary N) is 1. The summed E-state index contributed by atoms with van der Waals surface area (Å²) in [6.07, 6.45) is 1.83. The zero-order valence-corrected chi connectivity index (χ0v) is 16.8. The molecule has 7 nitrogen and oxygen atoms in total. The van der Waals surface area contributed by atoms with Crippen molar-refractivity contribution >= 4 is 22.8 Å². The van der Waals surface area contributed by atoms with Gasteiger partial charge in [0.2, 0.25) is 5.95 Å². The third-order valence-corrected chi connectivity index (χ3v) is 5.05. The van der Waals surface area contributed by atoms with Crippen LogP contribution in [0.5, 0.6) is 0 Å². The van der Waals surface area contributed by atoms with Crippen LogP contribution < -0.4 is 5.43 Å². The SMILES string of the molecule is CCOC(=O)c1cccc(-c2ccc3nc(NN4CCN(C)CC4)ncc3c2)c1. The van der Waals surface area contributed by atoms with E-state index < -0.39 is 0 Å². The van der Waals surface area contributed by atoms with E-state index in [1.165, 1.54) is 0 Å². The molecule has 7 heteroatoms. The quantitative estimate of drug-likeness (QED) is 0.670. The summed E-state index contributed by atoms with van der Waals surface area (Å²) in [5.41, 5.74) is 6.69. The van der Waals surface area contributed by atoms with Gasteiger partial charge in [-0.25, -0.2) is 19.8 Å². The lowest BCUT2D eigenvalue weighted by Gasteiger charge is -2.32. The zero-order valence-electron chi connectivity index (χ0n) is 16.8. The average Bonchev–Trinajstić information content (AvgIpc) is 2.75. The number of rotatable bonds is 5. The first-order chi connectivity index (χ1) is 14.1. The van der Waals surface area contributed by atoms with Gasteiger partial charge in [0.1, 0.15) is 0 Å². The Morgan fingerprint density at radius 1 is 1.10 bits per heavy atom. The molecule has 4 rings (SSSR count). The lowest BCUT2D eigenvalue weighted by molar-refractivity contribution is 0.0526. The van der Waals surface area contributed by atoms with E-state index in [1.54, 1.807) is 13.0 Å². The van der Waals surface area contributed by atoms with Gasteiger partial charge in [0, 0.05) is 37.8 Å². The Balaban J connectivity index is 1.54. The number of carbonyl (C=O) groups is 1. The van der Waals surface area contributed by atoms with Gasteiger partial charge in [0.05, 0.1) is 17.7 Å². The van der Waals surface area contributed by atoms with Gasteiger partial charge in [-0.1, -0.05) is 18.2 Å². The Labute approximate surface area is 170 Å². The lowest BCUT2D eigenvalue weighted by Crippen LogP contribution is -2.47. The molecule has 0 unspecified atom stereocenters. The van der Waals surface area contributed by atoms with Gasteiger partial charge >= 0.3 is 5.97 Å². The Morgan fingerprint density at radius 3 is 2.69 bits per heavy atom. The smallest absolute Gasteiger partial charge is 0.338 e. The maximum Gasteiger partial charge on any atom is 0.338 e. The molecular weight excluding hydrogens is 366 g/mol. The van der Waals surface area contributed by atoms with E-state index in [9.17, 15) is 4.79 Å². The summed E-state index contributed by atoms with van der Waals surface area (Å²) in [5.74, 6) is 0.303. The third-order valence-electron chi connectivity index (χ3n) is 5.05. The summed E-state index contributed by atoms with van der Waals surface area (Å²) in [5, 5.41) is 3.10. The van der Waals surface area contributed by atoms with Gasteiger partial charge in [-0.3, -0.25) is 5.43 Å². The van der Waals surface area contributed by atoms with Gasteiger partial charge in [0.25, 0.3) is 0 Å². The monoisotopic (exact) mass is 391 g/mol. The van der Waals surface area contributed by atoms with Crippen LogP contribution in [0.4, 0.5) is 5.95 Å². The highest BCUT2D eigenvalue weighted by Crippen LogP contribution is 2.25. The molecule has 0 amide bonds. The fourth-order valence-electron chi connectivity index (χ4n) is 3.37. The predicted molar refractivity (Wildman–Crippen MR) is 114 cm³/mol. The molecule has 0 aliphatic carbocycles.